The lowest BCUT2D eigenvalue weighted by atomic mass is 9.82. The fourth-order valence-electron chi connectivity index (χ4n) is 2.39. The van der Waals surface area contributed by atoms with E-state index in [4.69, 9.17) is 5.73 Å². The smallest absolute Gasteiger partial charge is 0.326 e. The SMILES string of the molecule is BCCCC[C@](N)(C(=O)O)C(O)[C@H]1CCCN1. The summed E-state index contributed by atoms with van der Waals surface area (Å²) in [6.45, 7) is 0.826. The molecule has 1 saturated heterocycles. The molecule has 1 unspecified atom stereocenters. The molecular formula is C11H23BN2O3. The van der Waals surface area contributed by atoms with Crippen molar-refractivity contribution in [2.24, 2.45) is 5.73 Å². The molecule has 1 rings (SSSR count). The van der Waals surface area contributed by atoms with Gasteiger partial charge < -0.3 is 21.3 Å². The van der Waals surface area contributed by atoms with E-state index in [2.05, 4.69) is 5.32 Å². The highest BCUT2D eigenvalue weighted by atomic mass is 16.4. The second kappa shape index (κ2) is 6.38. The number of hydrogen-bond donors (Lipinski definition) is 4. The summed E-state index contributed by atoms with van der Waals surface area (Å²) in [7, 11) is 2.05. The van der Waals surface area contributed by atoms with Crippen LogP contribution in [0.2, 0.25) is 6.32 Å². The summed E-state index contributed by atoms with van der Waals surface area (Å²) in [5, 5.41) is 22.5. The zero-order valence-corrected chi connectivity index (χ0v) is 10.5. The second-order valence-electron chi connectivity index (χ2n) is 4.95. The number of unbranched alkanes of at least 4 members (excludes halogenated alkanes) is 1. The molecule has 1 aliphatic heterocycles. The first-order valence-electron chi connectivity index (χ1n) is 6.46. The molecule has 1 aliphatic rings. The van der Waals surface area contributed by atoms with Gasteiger partial charge in [0.25, 0.3) is 0 Å². The highest BCUT2D eigenvalue weighted by molar-refractivity contribution is 6.08. The number of rotatable bonds is 7. The first kappa shape index (κ1) is 14.5. The van der Waals surface area contributed by atoms with Crippen LogP contribution in [0.1, 0.15) is 32.1 Å². The molecule has 17 heavy (non-hydrogen) atoms. The molecule has 0 spiro atoms. The van der Waals surface area contributed by atoms with Crippen LogP contribution in [0.3, 0.4) is 0 Å². The lowest BCUT2D eigenvalue weighted by molar-refractivity contribution is -0.149. The molecule has 6 heteroatoms. The van der Waals surface area contributed by atoms with E-state index in [1.165, 1.54) is 0 Å². The Morgan fingerprint density at radius 1 is 1.59 bits per heavy atom. The van der Waals surface area contributed by atoms with E-state index in [1.54, 1.807) is 0 Å². The van der Waals surface area contributed by atoms with Gasteiger partial charge in [0.1, 0.15) is 13.4 Å². The molecule has 3 atom stereocenters. The van der Waals surface area contributed by atoms with Crippen molar-refractivity contribution in [2.45, 2.75) is 56.1 Å². The van der Waals surface area contributed by atoms with E-state index in [-0.39, 0.29) is 6.04 Å². The summed E-state index contributed by atoms with van der Waals surface area (Å²) in [6, 6.07) is -0.183. The third-order valence-corrected chi connectivity index (χ3v) is 3.60. The van der Waals surface area contributed by atoms with E-state index in [1.807, 2.05) is 7.85 Å². The predicted molar refractivity (Wildman–Crippen MR) is 68.8 cm³/mol. The van der Waals surface area contributed by atoms with E-state index in [9.17, 15) is 15.0 Å². The number of nitrogens with two attached hydrogens (primary N) is 1. The van der Waals surface area contributed by atoms with E-state index < -0.39 is 17.6 Å². The van der Waals surface area contributed by atoms with Crippen LogP contribution in [0.4, 0.5) is 0 Å². The molecule has 5 nitrogen and oxygen atoms in total. The Hall–Kier alpha value is -0.585. The van der Waals surface area contributed by atoms with Crippen LogP contribution in [-0.4, -0.2) is 48.3 Å². The number of carbonyl (C=O) groups is 1. The van der Waals surface area contributed by atoms with Crippen molar-refractivity contribution in [1.29, 1.82) is 0 Å². The van der Waals surface area contributed by atoms with E-state index >= 15 is 0 Å². The third-order valence-electron chi connectivity index (χ3n) is 3.60. The van der Waals surface area contributed by atoms with Gasteiger partial charge in [-0.25, -0.2) is 0 Å². The molecular weight excluding hydrogens is 219 g/mol. The van der Waals surface area contributed by atoms with E-state index in [0.29, 0.717) is 6.42 Å². The summed E-state index contributed by atoms with van der Waals surface area (Å²) in [6.07, 6.45) is 3.76. The molecule has 98 valence electrons. The van der Waals surface area contributed by atoms with Crippen molar-refractivity contribution >= 4 is 13.8 Å². The molecule has 0 aromatic heterocycles. The molecule has 5 N–H and O–H groups in total. The van der Waals surface area contributed by atoms with Crippen molar-refractivity contribution in [1.82, 2.24) is 5.32 Å². The van der Waals surface area contributed by atoms with Crippen LogP contribution in [-0.2, 0) is 4.79 Å². The molecule has 0 radical (unpaired) electrons. The quantitative estimate of drug-likeness (QED) is 0.343. The van der Waals surface area contributed by atoms with Gasteiger partial charge in [-0.05, 0) is 25.8 Å². The molecule has 0 aromatic carbocycles. The summed E-state index contributed by atoms with van der Waals surface area (Å²) < 4.78 is 0. The van der Waals surface area contributed by atoms with Crippen LogP contribution < -0.4 is 11.1 Å². The summed E-state index contributed by atoms with van der Waals surface area (Å²) in [5.74, 6) is -1.10. The van der Waals surface area contributed by atoms with Gasteiger partial charge >= 0.3 is 5.97 Å². The average molecular weight is 242 g/mol. The maximum Gasteiger partial charge on any atom is 0.326 e. The molecule has 0 saturated carbocycles. The minimum Gasteiger partial charge on any atom is -0.480 e. The maximum atomic E-state index is 11.3. The standard InChI is InChI=1S/C11H23BN2O3/c12-6-2-1-5-11(13,10(16)17)9(15)8-4-3-7-14-8/h8-9,14-15H,1-7,12-13H2,(H,16,17)/t8-,9?,11-/m1/s1. The number of nitrogens with one attached hydrogen (secondary N) is 1. The molecule has 1 fully saturated rings. The van der Waals surface area contributed by atoms with Gasteiger partial charge in [0.2, 0.25) is 0 Å². The normalized spacial score (nSPS) is 25.4. The van der Waals surface area contributed by atoms with Crippen LogP contribution >= 0.6 is 0 Å². The van der Waals surface area contributed by atoms with Crippen LogP contribution in [0.25, 0.3) is 0 Å². The lowest BCUT2D eigenvalue weighted by Gasteiger charge is -2.33. The highest BCUT2D eigenvalue weighted by Gasteiger charge is 2.45. The first-order valence-corrected chi connectivity index (χ1v) is 6.46. The minimum atomic E-state index is -1.52. The fourth-order valence-corrected chi connectivity index (χ4v) is 2.39. The lowest BCUT2D eigenvalue weighted by Crippen LogP contribution is -2.62. The summed E-state index contributed by atoms with van der Waals surface area (Å²) >= 11 is 0. The minimum absolute atomic E-state index is 0.183. The molecule has 0 amide bonds. The Bertz CT molecular complexity index is 259. The van der Waals surface area contributed by atoms with Crippen LogP contribution in [0.5, 0.6) is 0 Å². The van der Waals surface area contributed by atoms with Crippen LogP contribution in [0.15, 0.2) is 0 Å². The van der Waals surface area contributed by atoms with Gasteiger partial charge in [-0.15, -0.1) is 0 Å². The Morgan fingerprint density at radius 3 is 2.76 bits per heavy atom. The Balaban J connectivity index is 2.64. The zero-order chi connectivity index (χ0) is 12.9. The van der Waals surface area contributed by atoms with Gasteiger partial charge in [0.15, 0.2) is 0 Å². The van der Waals surface area contributed by atoms with Gasteiger partial charge in [0.05, 0.1) is 6.10 Å². The van der Waals surface area contributed by atoms with Crippen molar-refractivity contribution < 1.29 is 15.0 Å². The Labute approximate surface area is 103 Å². The van der Waals surface area contributed by atoms with Gasteiger partial charge in [0, 0.05) is 6.04 Å². The average Bonchev–Trinajstić information content (AvgIpc) is 2.81. The largest absolute Gasteiger partial charge is 0.480 e. The monoisotopic (exact) mass is 242 g/mol. The molecule has 0 bridgehead atoms. The van der Waals surface area contributed by atoms with Gasteiger partial charge in [-0.3, -0.25) is 4.79 Å². The zero-order valence-electron chi connectivity index (χ0n) is 10.5. The van der Waals surface area contributed by atoms with Crippen molar-refractivity contribution in [2.75, 3.05) is 6.54 Å². The second-order valence-corrected chi connectivity index (χ2v) is 4.95. The Kier molecular flexibility index (Phi) is 5.43. The third kappa shape index (κ3) is 3.44. The van der Waals surface area contributed by atoms with Gasteiger partial charge in [-0.1, -0.05) is 19.2 Å². The number of aliphatic hydroxyl groups excluding tert-OH is 1. The highest BCUT2D eigenvalue weighted by Crippen LogP contribution is 2.23. The molecule has 0 aromatic rings. The van der Waals surface area contributed by atoms with E-state index in [0.717, 1.165) is 38.5 Å². The number of carboxylic acid groups (broad SMARTS) is 1. The number of carboxylic acids is 1. The van der Waals surface area contributed by atoms with Crippen LogP contribution in [0, 0.1) is 0 Å². The Morgan fingerprint density at radius 2 is 2.29 bits per heavy atom. The van der Waals surface area contributed by atoms with Crippen molar-refractivity contribution in [3.63, 3.8) is 0 Å². The molecule has 1 heterocycles. The van der Waals surface area contributed by atoms with Crippen molar-refractivity contribution in [3.05, 3.63) is 0 Å². The maximum absolute atomic E-state index is 11.3. The van der Waals surface area contributed by atoms with Crippen molar-refractivity contribution in [3.8, 4) is 0 Å². The predicted octanol–water partition coefficient (Wildman–Crippen LogP) is -0.897. The summed E-state index contributed by atoms with van der Waals surface area (Å²) in [4.78, 5) is 11.3. The first-order chi connectivity index (χ1) is 8.02. The fraction of sp³-hybridized carbons (Fsp3) is 0.909. The number of hydrogen-bond acceptors (Lipinski definition) is 4. The summed E-state index contributed by atoms with van der Waals surface area (Å²) in [5.41, 5.74) is 4.40. The van der Waals surface area contributed by atoms with Gasteiger partial charge in [-0.2, -0.15) is 0 Å². The topological polar surface area (TPSA) is 95.6 Å². The molecule has 0 aliphatic carbocycles. The number of aliphatic carboxylic acids is 1. The number of aliphatic hydroxyl groups is 1.